The van der Waals surface area contributed by atoms with Gasteiger partial charge in [0, 0.05) is 18.4 Å². The molecule has 1 aliphatic heterocycles. The molecule has 23 heavy (non-hydrogen) atoms. The normalized spacial score (nSPS) is 15.0. The molecular formula is C18H19N3O2. The zero-order chi connectivity index (χ0) is 16.4. The molecule has 0 fully saturated rings. The van der Waals surface area contributed by atoms with Crippen molar-refractivity contribution >= 4 is 17.5 Å². The highest BCUT2D eigenvalue weighted by Crippen LogP contribution is 2.37. The van der Waals surface area contributed by atoms with Crippen LogP contribution >= 0.6 is 0 Å². The lowest BCUT2D eigenvalue weighted by Gasteiger charge is -2.16. The predicted octanol–water partition coefficient (Wildman–Crippen LogP) is 2.28. The van der Waals surface area contributed by atoms with E-state index in [9.17, 15) is 9.59 Å². The highest BCUT2D eigenvalue weighted by atomic mass is 16.2. The Morgan fingerprint density at radius 3 is 2.83 bits per heavy atom. The standard InChI is InChI=1S/C18H19N3O2/c1-18(2)13-11-12(6-7-14(13)21-17(18)23)8-10-20-16(22)15-5-3-4-9-19-15/h3-7,9,11H,8,10H2,1-2H3,(H,20,22)(H,21,23). The highest BCUT2D eigenvalue weighted by molar-refractivity contribution is 6.05. The van der Waals surface area contributed by atoms with E-state index in [1.807, 2.05) is 32.0 Å². The van der Waals surface area contributed by atoms with Gasteiger partial charge in [0.1, 0.15) is 5.69 Å². The summed E-state index contributed by atoms with van der Waals surface area (Å²) in [6, 6.07) is 11.2. The van der Waals surface area contributed by atoms with Crippen molar-refractivity contribution < 1.29 is 9.59 Å². The van der Waals surface area contributed by atoms with E-state index in [0.717, 1.165) is 16.8 Å². The molecule has 0 saturated heterocycles. The van der Waals surface area contributed by atoms with Gasteiger partial charge in [-0.3, -0.25) is 14.6 Å². The van der Waals surface area contributed by atoms with Crippen LogP contribution in [0.1, 0.15) is 35.5 Å². The van der Waals surface area contributed by atoms with E-state index in [0.29, 0.717) is 18.7 Å². The smallest absolute Gasteiger partial charge is 0.269 e. The minimum Gasteiger partial charge on any atom is -0.350 e. The minimum atomic E-state index is -0.511. The van der Waals surface area contributed by atoms with Crippen LogP contribution in [0, 0.1) is 0 Å². The summed E-state index contributed by atoms with van der Waals surface area (Å²) in [7, 11) is 0. The molecule has 5 heteroatoms. The van der Waals surface area contributed by atoms with Gasteiger partial charge >= 0.3 is 0 Å². The molecule has 2 amide bonds. The summed E-state index contributed by atoms with van der Waals surface area (Å²) < 4.78 is 0. The number of hydrogen-bond acceptors (Lipinski definition) is 3. The molecule has 5 nitrogen and oxygen atoms in total. The minimum absolute atomic E-state index is 0.0214. The summed E-state index contributed by atoms with van der Waals surface area (Å²) in [5.41, 5.74) is 2.88. The van der Waals surface area contributed by atoms with E-state index in [4.69, 9.17) is 0 Å². The topological polar surface area (TPSA) is 71.1 Å². The van der Waals surface area contributed by atoms with Crippen molar-refractivity contribution in [3.63, 3.8) is 0 Å². The van der Waals surface area contributed by atoms with Crippen molar-refractivity contribution in [3.05, 3.63) is 59.4 Å². The van der Waals surface area contributed by atoms with Crippen LogP contribution in [0.5, 0.6) is 0 Å². The Labute approximate surface area is 135 Å². The molecule has 0 bridgehead atoms. The Kier molecular flexibility index (Phi) is 3.86. The number of hydrogen-bond donors (Lipinski definition) is 2. The first-order valence-electron chi connectivity index (χ1n) is 7.62. The van der Waals surface area contributed by atoms with Crippen molar-refractivity contribution in [2.24, 2.45) is 0 Å². The largest absolute Gasteiger partial charge is 0.350 e. The SMILES string of the molecule is CC1(C)C(=O)Nc2ccc(CCNC(=O)c3ccccn3)cc21. The average molecular weight is 309 g/mol. The Balaban J connectivity index is 1.63. The number of rotatable bonds is 4. The number of aromatic nitrogens is 1. The van der Waals surface area contributed by atoms with E-state index < -0.39 is 5.41 Å². The summed E-state index contributed by atoms with van der Waals surface area (Å²) in [4.78, 5) is 27.9. The second kappa shape index (κ2) is 5.83. The first-order valence-corrected chi connectivity index (χ1v) is 7.62. The molecule has 3 rings (SSSR count). The second-order valence-electron chi connectivity index (χ2n) is 6.18. The zero-order valence-electron chi connectivity index (χ0n) is 13.2. The first-order chi connectivity index (χ1) is 11.0. The number of nitrogens with zero attached hydrogens (tertiary/aromatic N) is 1. The Morgan fingerprint density at radius 2 is 2.09 bits per heavy atom. The number of fused-ring (bicyclic) bond motifs is 1. The van der Waals surface area contributed by atoms with Crippen molar-refractivity contribution in [1.29, 1.82) is 0 Å². The molecule has 0 aliphatic carbocycles. The fourth-order valence-corrected chi connectivity index (χ4v) is 2.68. The molecule has 2 aromatic rings. The van der Waals surface area contributed by atoms with E-state index in [2.05, 4.69) is 15.6 Å². The van der Waals surface area contributed by atoms with Gasteiger partial charge < -0.3 is 10.6 Å². The lowest BCUT2D eigenvalue weighted by molar-refractivity contribution is -0.119. The van der Waals surface area contributed by atoms with Crippen LogP contribution in [0.15, 0.2) is 42.6 Å². The van der Waals surface area contributed by atoms with Crippen molar-refractivity contribution in [1.82, 2.24) is 10.3 Å². The number of amides is 2. The van der Waals surface area contributed by atoms with Gasteiger partial charge in [0.15, 0.2) is 0 Å². The average Bonchev–Trinajstić information content (AvgIpc) is 2.78. The molecule has 1 aromatic heterocycles. The predicted molar refractivity (Wildman–Crippen MR) is 88.4 cm³/mol. The number of carbonyl (C=O) groups is 2. The van der Waals surface area contributed by atoms with Gasteiger partial charge in [-0.1, -0.05) is 18.2 Å². The van der Waals surface area contributed by atoms with E-state index in [1.54, 1.807) is 24.4 Å². The van der Waals surface area contributed by atoms with Crippen molar-refractivity contribution in [3.8, 4) is 0 Å². The molecule has 0 saturated carbocycles. The fourth-order valence-electron chi connectivity index (χ4n) is 2.68. The summed E-state index contributed by atoms with van der Waals surface area (Å²) in [6.07, 6.45) is 2.30. The molecule has 1 aliphatic rings. The maximum atomic E-state index is 11.9. The summed E-state index contributed by atoms with van der Waals surface area (Å²) in [5.74, 6) is -0.156. The Morgan fingerprint density at radius 1 is 1.26 bits per heavy atom. The maximum absolute atomic E-state index is 11.9. The van der Waals surface area contributed by atoms with Gasteiger partial charge in [-0.05, 0) is 49.6 Å². The number of pyridine rings is 1. The third-order valence-electron chi connectivity index (χ3n) is 4.17. The number of anilines is 1. The summed E-state index contributed by atoms with van der Waals surface area (Å²) in [5, 5.41) is 5.75. The third-order valence-corrected chi connectivity index (χ3v) is 4.17. The van der Waals surface area contributed by atoms with Gasteiger partial charge in [-0.25, -0.2) is 0 Å². The number of carbonyl (C=O) groups excluding carboxylic acids is 2. The number of benzene rings is 1. The highest BCUT2D eigenvalue weighted by Gasteiger charge is 2.38. The summed E-state index contributed by atoms with van der Waals surface area (Å²) in [6.45, 7) is 4.36. The molecule has 0 spiro atoms. The quantitative estimate of drug-likeness (QED) is 0.910. The van der Waals surface area contributed by atoms with Crippen molar-refractivity contribution in [2.75, 3.05) is 11.9 Å². The van der Waals surface area contributed by atoms with E-state index in [1.165, 1.54) is 0 Å². The molecule has 0 radical (unpaired) electrons. The van der Waals surface area contributed by atoms with Crippen LogP contribution in [0.4, 0.5) is 5.69 Å². The van der Waals surface area contributed by atoms with Crippen LogP contribution in [-0.2, 0) is 16.6 Å². The molecule has 1 aromatic carbocycles. The van der Waals surface area contributed by atoms with Crippen LogP contribution in [0.25, 0.3) is 0 Å². The lowest BCUT2D eigenvalue weighted by Crippen LogP contribution is -2.27. The zero-order valence-corrected chi connectivity index (χ0v) is 13.2. The second-order valence-corrected chi connectivity index (χ2v) is 6.18. The molecule has 0 unspecified atom stereocenters. The van der Waals surface area contributed by atoms with Gasteiger partial charge in [-0.2, -0.15) is 0 Å². The third kappa shape index (κ3) is 2.95. The Bertz CT molecular complexity index is 754. The Hall–Kier alpha value is -2.69. The molecule has 2 N–H and O–H groups in total. The van der Waals surface area contributed by atoms with E-state index in [-0.39, 0.29) is 11.8 Å². The molecular weight excluding hydrogens is 290 g/mol. The molecule has 2 heterocycles. The maximum Gasteiger partial charge on any atom is 0.269 e. The fraction of sp³-hybridized carbons (Fsp3) is 0.278. The first kappa shape index (κ1) is 15.2. The monoisotopic (exact) mass is 309 g/mol. The number of nitrogens with one attached hydrogen (secondary N) is 2. The lowest BCUT2D eigenvalue weighted by atomic mass is 9.85. The van der Waals surface area contributed by atoms with Crippen LogP contribution < -0.4 is 10.6 Å². The van der Waals surface area contributed by atoms with Gasteiger partial charge in [0.25, 0.3) is 5.91 Å². The van der Waals surface area contributed by atoms with Crippen LogP contribution in [-0.4, -0.2) is 23.3 Å². The van der Waals surface area contributed by atoms with Gasteiger partial charge in [-0.15, -0.1) is 0 Å². The summed E-state index contributed by atoms with van der Waals surface area (Å²) >= 11 is 0. The van der Waals surface area contributed by atoms with Crippen LogP contribution in [0.3, 0.4) is 0 Å². The molecule has 0 atom stereocenters. The molecule has 118 valence electrons. The van der Waals surface area contributed by atoms with E-state index >= 15 is 0 Å². The van der Waals surface area contributed by atoms with Crippen LogP contribution in [0.2, 0.25) is 0 Å². The van der Waals surface area contributed by atoms with Gasteiger partial charge in [0.05, 0.1) is 5.41 Å². The van der Waals surface area contributed by atoms with Crippen molar-refractivity contribution in [2.45, 2.75) is 25.7 Å². The van der Waals surface area contributed by atoms with Gasteiger partial charge in [0.2, 0.25) is 5.91 Å².